The van der Waals surface area contributed by atoms with E-state index >= 15 is 0 Å². The lowest BCUT2D eigenvalue weighted by Gasteiger charge is -2.60. The number of nitrogens with zero attached hydrogens (tertiary/aromatic N) is 3. The van der Waals surface area contributed by atoms with Crippen molar-refractivity contribution in [3.05, 3.63) is 35.9 Å². The van der Waals surface area contributed by atoms with Crippen molar-refractivity contribution in [1.29, 1.82) is 0 Å². The quantitative estimate of drug-likeness (QED) is 0.685. The molecule has 0 radical (unpaired) electrons. The molecule has 3 heterocycles. The highest BCUT2D eigenvalue weighted by atomic mass is 16.3. The van der Waals surface area contributed by atoms with Crippen molar-refractivity contribution in [3.63, 3.8) is 0 Å². The molecule has 2 N–H and O–H groups in total. The first-order chi connectivity index (χ1) is 14.4. The summed E-state index contributed by atoms with van der Waals surface area (Å²) in [7, 11) is 0. The van der Waals surface area contributed by atoms with Crippen LogP contribution in [0.1, 0.15) is 25.3 Å². The molecular formula is C22H30N4O4. The number of benzene rings is 1. The average Bonchev–Trinajstić information content (AvgIpc) is 3.06. The minimum absolute atomic E-state index is 0.0122. The number of nitrogens with one attached hydrogen (secondary N) is 1. The molecule has 3 aliphatic rings. The zero-order chi connectivity index (χ0) is 21.3. The molecule has 1 aromatic carbocycles. The van der Waals surface area contributed by atoms with Crippen LogP contribution >= 0.6 is 0 Å². The molecule has 3 amide bonds. The monoisotopic (exact) mass is 414 g/mol. The predicted octanol–water partition coefficient (Wildman–Crippen LogP) is -0.386. The van der Waals surface area contributed by atoms with Crippen LogP contribution in [0, 0.1) is 0 Å². The SMILES string of the molecule is CC(=O)NCCC(=O)N1CC2CC(O)CN2C2(C1)CN(C(=O)Cc1ccccc1)C2. The second-order valence-electron chi connectivity index (χ2n) is 8.84. The van der Waals surface area contributed by atoms with Crippen LogP contribution in [0.4, 0.5) is 0 Å². The van der Waals surface area contributed by atoms with Crippen LogP contribution in [0.2, 0.25) is 0 Å². The Labute approximate surface area is 176 Å². The predicted molar refractivity (Wildman–Crippen MR) is 110 cm³/mol. The maximum absolute atomic E-state index is 12.7. The molecule has 1 spiro atoms. The highest BCUT2D eigenvalue weighted by Crippen LogP contribution is 2.39. The van der Waals surface area contributed by atoms with Gasteiger partial charge in [-0.1, -0.05) is 30.3 Å². The van der Waals surface area contributed by atoms with Crippen molar-refractivity contribution in [2.75, 3.05) is 39.3 Å². The minimum atomic E-state index is -0.393. The molecular weight excluding hydrogens is 384 g/mol. The van der Waals surface area contributed by atoms with E-state index in [1.807, 2.05) is 40.1 Å². The molecule has 2 unspecified atom stereocenters. The summed E-state index contributed by atoms with van der Waals surface area (Å²) in [5.41, 5.74) is 0.715. The normalized spacial score (nSPS) is 25.0. The number of likely N-dealkylation sites (tertiary alicyclic amines) is 1. The summed E-state index contributed by atoms with van der Waals surface area (Å²) in [5, 5.41) is 12.9. The Balaban J connectivity index is 1.40. The van der Waals surface area contributed by atoms with Crippen molar-refractivity contribution in [1.82, 2.24) is 20.0 Å². The van der Waals surface area contributed by atoms with Crippen LogP contribution in [-0.2, 0) is 20.8 Å². The third-order valence-corrected chi connectivity index (χ3v) is 6.50. The molecule has 0 saturated carbocycles. The van der Waals surface area contributed by atoms with E-state index in [-0.39, 0.29) is 35.7 Å². The van der Waals surface area contributed by atoms with E-state index < -0.39 is 6.10 Å². The molecule has 0 aromatic heterocycles. The molecule has 8 heteroatoms. The number of hydrogen-bond acceptors (Lipinski definition) is 5. The first-order valence-corrected chi connectivity index (χ1v) is 10.6. The van der Waals surface area contributed by atoms with E-state index in [0.717, 1.165) is 5.56 Å². The summed E-state index contributed by atoms with van der Waals surface area (Å²) >= 11 is 0. The number of carbonyl (C=O) groups excluding carboxylic acids is 3. The van der Waals surface area contributed by atoms with Gasteiger partial charge in [0.2, 0.25) is 17.7 Å². The van der Waals surface area contributed by atoms with Crippen LogP contribution in [0.5, 0.6) is 0 Å². The number of fused-ring (bicyclic) bond motifs is 2. The van der Waals surface area contributed by atoms with Crippen LogP contribution < -0.4 is 5.32 Å². The van der Waals surface area contributed by atoms with Gasteiger partial charge in [0.25, 0.3) is 0 Å². The topological polar surface area (TPSA) is 93.2 Å². The Morgan fingerprint density at radius 2 is 1.77 bits per heavy atom. The summed E-state index contributed by atoms with van der Waals surface area (Å²) < 4.78 is 0. The molecule has 1 aromatic rings. The highest BCUT2D eigenvalue weighted by Gasteiger charge is 2.57. The van der Waals surface area contributed by atoms with Gasteiger partial charge in [-0.05, 0) is 12.0 Å². The van der Waals surface area contributed by atoms with Gasteiger partial charge in [-0.3, -0.25) is 19.3 Å². The van der Waals surface area contributed by atoms with E-state index in [1.165, 1.54) is 6.92 Å². The smallest absolute Gasteiger partial charge is 0.227 e. The van der Waals surface area contributed by atoms with Gasteiger partial charge < -0.3 is 20.2 Å². The van der Waals surface area contributed by atoms with Gasteiger partial charge in [-0.15, -0.1) is 0 Å². The number of amides is 3. The van der Waals surface area contributed by atoms with E-state index in [0.29, 0.717) is 52.1 Å². The van der Waals surface area contributed by atoms with Crippen molar-refractivity contribution >= 4 is 17.7 Å². The molecule has 3 saturated heterocycles. The molecule has 30 heavy (non-hydrogen) atoms. The lowest BCUT2D eigenvalue weighted by molar-refractivity contribution is -0.161. The van der Waals surface area contributed by atoms with Gasteiger partial charge in [0.1, 0.15) is 0 Å². The molecule has 162 valence electrons. The van der Waals surface area contributed by atoms with Crippen molar-refractivity contribution in [2.45, 2.75) is 43.9 Å². The molecule has 2 atom stereocenters. The first-order valence-electron chi connectivity index (χ1n) is 10.6. The maximum atomic E-state index is 12.7. The summed E-state index contributed by atoms with van der Waals surface area (Å²) in [6, 6.07) is 9.83. The first kappa shape index (κ1) is 20.8. The van der Waals surface area contributed by atoms with E-state index in [1.54, 1.807) is 0 Å². The zero-order valence-electron chi connectivity index (χ0n) is 17.4. The second-order valence-corrected chi connectivity index (χ2v) is 8.84. The van der Waals surface area contributed by atoms with Gasteiger partial charge in [0.05, 0.1) is 18.1 Å². The lowest BCUT2D eigenvalue weighted by atomic mass is 9.83. The Bertz CT molecular complexity index is 809. The third kappa shape index (κ3) is 4.20. The Morgan fingerprint density at radius 3 is 2.47 bits per heavy atom. The van der Waals surface area contributed by atoms with Gasteiger partial charge >= 0.3 is 0 Å². The zero-order valence-corrected chi connectivity index (χ0v) is 17.4. The summed E-state index contributed by atoms with van der Waals surface area (Å²) in [6.07, 6.45) is 0.898. The molecule has 4 rings (SSSR count). The van der Waals surface area contributed by atoms with Gasteiger partial charge in [-0.25, -0.2) is 0 Å². The fourth-order valence-corrected chi connectivity index (χ4v) is 5.11. The molecule has 3 aliphatic heterocycles. The molecule has 0 bridgehead atoms. The van der Waals surface area contributed by atoms with E-state index in [4.69, 9.17) is 0 Å². The second kappa shape index (κ2) is 8.35. The highest BCUT2D eigenvalue weighted by molar-refractivity contribution is 5.81. The van der Waals surface area contributed by atoms with Crippen molar-refractivity contribution in [2.24, 2.45) is 0 Å². The Kier molecular flexibility index (Phi) is 5.79. The van der Waals surface area contributed by atoms with E-state index in [2.05, 4.69) is 10.2 Å². The fourth-order valence-electron chi connectivity index (χ4n) is 5.11. The van der Waals surface area contributed by atoms with Crippen LogP contribution in [-0.4, -0.2) is 94.5 Å². The van der Waals surface area contributed by atoms with Crippen LogP contribution in [0.25, 0.3) is 0 Å². The van der Waals surface area contributed by atoms with Gasteiger partial charge in [0, 0.05) is 58.7 Å². The standard InChI is InChI=1S/C22H30N4O4/c1-16(27)23-8-7-20(29)24-11-18-10-19(28)12-26(18)22(13-24)14-25(15-22)21(30)9-17-5-3-2-4-6-17/h2-6,18-19,28H,7-15H2,1H3,(H,23,27). The number of piperazine rings is 1. The third-order valence-electron chi connectivity index (χ3n) is 6.50. The van der Waals surface area contributed by atoms with Crippen LogP contribution in [0.3, 0.4) is 0 Å². The number of aliphatic hydroxyl groups excluding tert-OH is 1. The number of rotatable bonds is 5. The lowest BCUT2D eigenvalue weighted by Crippen LogP contribution is -2.79. The maximum Gasteiger partial charge on any atom is 0.227 e. The number of hydrogen-bond donors (Lipinski definition) is 2. The number of β-amino-alcohol motifs (C(OH)–C–C–N with tert-alkyl or cyclic N) is 1. The molecule has 0 aliphatic carbocycles. The van der Waals surface area contributed by atoms with Crippen molar-refractivity contribution < 1.29 is 19.5 Å². The average molecular weight is 415 g/mol. The Hall–Kier alpha value is -2.45. The summed E-state index contributed by atoms with van der Waals surface area (Å²) in [4.78, 5) is 42.6. The molecule has 3 fully saturated rings. The summed E-state index contributed by atoms with van der Waals surface area (Å²) in [5.74, 6) is -0.0370. The fraction of sp³-hybridized carbons (Fsp3) is 0.591. The Morgan fingerprint density at radius 1 is 1.07 bits per heavy atom. The number of aliphatic hydroxyl groups is 1. The molecule has 8 nitrogen and oxygen atoms in total. The van der Waals surface area contributed by atoms with E-state index in [9.17, 15) is 19.5 Å². The van der Waals surface area contributed by atoms with Gasteiger partial charge in [0.15, 0.2) is 0 Å². The largest absolute Gasteiger partial charge is 0.392 e. The summed E-state index contributed by atoms with van der Waals surface area (Å²) in [6.45, 7) is 4.68. The number of carbonyl (C=O) groups is 3. The van der Waals surface area contributed by atoms with Crippen LogP contribution in [0.15, 0.2) is 30.3 Å². The van der Waals surface area contributed by atoms with Crippen molar-refractivity contribution in [3.8, 4) is 0 Å². The van der Waals surface area contributed by atoms with Gasteiger partial charge in [-0.2, -0.15) is 0 Å². The minimum Gasteiger partial charge on any atom is -0.392 e.